The zero-order valence-electron chi connectivity index (χ0n) is 14.9. The molecule has 1 aromatic carbocycles. The number of benzene rings is 1. The first kappa shape index (κ1) is 17.7. The molecule has 0 atom stereocenters. The fourth-order valence-corrected chi connectivity index (χ4v) is 2.89. The summed E-state index contributed by atoms with van der Waals surface area (Å²) in [7, 11) is 1.50. The molecule has 9 heteroatoms. The van der Waals surface area contributed by atoms with Gasteiger partial charge in [-0.2, -0.15) is 4.98 Å². The Labute approximate surface area is 159 Å². The Balaban J connectivity index is 1.67. The number of hydrogen-bond acceptors (Lipinski definition) is 8. The smallest absolute Gasteiger partial charge is 0.277 e. The van der Waals surface area contributed by atoms with Crippen molar-refractivity contribution in [3.8, 4) is 17.2 Å². The van der Waals surface area contributed by atoms with E-state index in [1.807, 2.05) is 0 Å². The molecule has 0 spiro atoms. The second-order valence-electron chi connectivity index (χ2n) is 5.96. The Morgan fingerprint density at radius 3 is 2.89 bits per heavy atom. The lowest BCUT2D eigenvalue weighted by Gasteiger charge is -2.15. The van der Waals surface area contributed by atoms with Crippen molar-refractivity contribution in [3.05, 3.63) is 48.3 Å². The molecule has 0 unspecified atom stereocenters. The third-order valence-electron chi connectivity index (χ3n) is 4.21. The summed E-state index contributed by atoms with van der Waals surface area (Å²) in [6.07, 6.45) is 2.82. The molecule has 0 saturated carbocycles. The minimum absolute atomic E-state index is 0.0631. The number of aliphatic hydroxyl groups is 1. The van der Waals surface area contributed by atoms with Crippen LogP contribution in [0.15, 0.2) is 52.7 Å². The van der Waals surface area contributed by atoms with Crippen molar-refractivity contribution in [2.45, 2.75) is 0 Å². The van der Waals surface area contributed by atoms with Gasteiger partial charge in [0.1, 0.15) is 11.4 Å². The maximum Gasteiger partial charge on any atom is 0.277 e. The van der Waals surface area contributed by atoms with Crippen LogP contribution in [0.5, 0.6) is 5.75 Å². The Morgan fingerprint density at radius 2 is 2.14 bits per heavy atom. The maximum absolute atomic E-state index is 12.4. The summed E-state index contributed by atoms with van der Waals surface area (Å²) in [4.78, 5) is 33.8. The lowest BCUT2D eigenvalue weighted by molar-refractivity contribution is -0.137. The molecule has 0 saturated heterocycles. The molecular formula is C19H16N4O5. The van der Waals surface area contributed by atoms with Gasteiger partial charge in [-0.25, -0.2) is 4.98 Å². The zero-order valence-corrected chi connectivity index (χ0v) is 14.9. The van der Waals surface area contributed by atoms with Gasteiger partial charge in [-0.05, 0) is 30.3 Å². The van der Waals surface area contributed by atoms with Crippen LogP contribution in [0, 0.1) is 0 Å². The molecule has 3 heterocycles. The van der Waals surface area contributed by atoms with Gasteiger partial charge >= 0.3 is 0 Å². The molecule has 142 valence electrons. The summed E-state index contributed by atoms with van der Waals surface area (Å²) in [5, 5.41) is 11.9. The Bertz CT molecular complexity index is 1070. The Kier molecular flexibility index (Phi) is 4.50. The van der Waals surface area contributed by atoms with E-state index in [0.29, 0.717) is 34.1 Å². The fraction of sp³-hybridized carbons (Fsp3) is 0.158. The molecule has 9 nitrogen and oxygen atoms in total. The highest BCUT2D eigenvalue weighted by Crippen LogP contribution is 2.33. The number of oxazole rings is 1. The van der Waals surface area contributed by atoms with Crippen LogP contribution in [0.2, 0.25) is 0 Å². The SMILES string of the molecule is COc1ccc(-c2nc3ncccc3o2)cc1NC1=CC(=O)N(CCO)C1=O. The molecule has 2 aromatic heterocycles. The van der Waals surface area contributed by atoms with E-state index in [4.69, 9.17) is 14.3 Å². The predicted molar refractivity (Wildman–Crippen MR) is 99.3 cm³/mol. The molecular weight excluding hydrogens is 364 g/mol. The molecule has 4 rings (SSSR count). The number of aliphatic hydroxyl groups excluding tert-OH is 1. The highest BCUT2D eigenvalue weighted by atomic mass is 16.5. The number of methoxy groups -OCH3 is 1. The van der Waals surface area contributed by atoms with Crippen molar-refractivity contribution in [2.24, 2.45) is 0 Å². The van der Waals surface area contributed by atoms with Crippen LogP contribution in [0.1, 0.15) is 0 Å². The number of aromatic nitrogens is 2. The molecule has 0 radical (unpaired) electrons. The van der Waals surface area contributed by atoms with Gasteiger partial charge in [-0.1, -0.05) is 0 Å². The molecule has 3 aromatic rings. The molecule has 2 N–H and O–H groups in total. The van der Waals surface area contributed by atoms with Crippen LogP contribution < -0.4 is 10.1 Å². The van der Waals surface area contributed by atoms with E-state index in [9.17, 15) is 9.59 Å². The largest absolute Gasteiger partial charge is 0.495 e. The third-order valence-corrected chi connectivity index (χ3v) is 4.21. The number of ether oxygens (including phenoxy) is 1. The van der Waals surface area contributed by atoms with Crippen molar-refractivity contribution in [2.75, 3.05) is 25.6 Å². The number of nitrogens with zero attached hydrogens (tertiary/aromatic N) is 3. The summed E-state index contributed by atoms with van der Waals surface area (Å²) in [5.74, 6) is -0.164. The number of hydrogen-bond donors (Lipinski definition) is 2. The number of β-amino-alcohol motifs (C(OH)–C–C–N with tert-alkyl or cyclic N) is 1. The summed E-state index contributed by atoms with van der Waals surface area (Å²) >= 11 is 0. The van der Waals surface area contributed by atoms with Gasteiger partial charge in [0.25, 0.3) is 11.8 Å². The number of carbonyl (C=O) groups excluding carboxylic acids is 2. The molecule has 1 aliphatic rings. The van der Waals surface area contributed by atoms with Crippen molar-refractivity contribution in [3.63, 3.8) is 0 Å². The van der Waals surface area contributed by atoms with Crippen LogP contribution in [0.25, 0.3) is 22.7 Å². The molecule has 0 fully saturated rings. The van der Waals surface area contributed by atoms with E-state index in [2.05, 4.69) is 15.3 Å². The second-order valence-corrected chi connectivity index (χ2v) is 5.96. The van der Waals surface area contributed by atoms with Gasteiger partial charge < -0.3 is 19.6 Å². The highest BCUT2D eigenvalue weighted by molar-refractivity contribution is 6.17. The normalized spacial score (nSPS) is 13.9. The monoisotopic (exact) mass is 380 g/mol. The number of pyridine rings is 1. The molecule has 2 amide bonds. The average molecular weight is 380 g/mol. The van der Waals surface area contributed by atoms with Crippen molar-refractivity contribution >= 4 is 28.7 Å². The lowest BCUT2D eigenvalue weighted by atomic mass is 10.1. The number of fused-ring (bicyclic) bond motifs is 1. The molecule has 0 aliphatic carbocycles. The Morgan fingerprint density at radius 1 is 1.29 bits per heavy atom. The van der Waals surface area contributed by atoms with E-state index in [1.165, 1.54) is 13.2 Å². The quantitative estimate of drug-likeness (QED) is 0.619. The molecule has 28 heavy (non-hydrogen) atoms. The van der Waals surface area contributed by atoms with Crippen molar-refractivity contribution in [1.82, 2.24) is 14.9 Å². The lowest BCUT2D eigenvalue weighted by Crippen LogP contribution is -2.34. The third kappa shape index (κ3) is 3.08. The standard InChI is InChI=1S/C19H16N4O5/c1-27-14-5-4-11(18-22-17-15(28-18)3-2-6-20-17)9-12(14)21-13-10-16(25)23(7-8-24)19(13)26/h2-6,9-10,21,24H,7-8H2,1H3. The average Bonchev–Trinajstić information content (AvgIpc) is 3.25. The topological polar surface area (TPSA) is 118 Å². The van der Waals surface area contributed by atoms with Gasteiger partial charge in [0.15, 0.2) is 11.2 Å². The van der Waals surface area contributed by atoms with E-state index in [0.717, 1.165) is 4.90 Å². The summed E-state index contributed by atoms with van der Waals surface area (Å²) < 4.78 is 11.1. The van der Waals surface area contributed by atoms with E-state index in [1.54, 1.807) is 36.5 Å². The van der Waals surface area contributed by atoms with E-state index in [-0.39, 0.29) is 18.8 Å². The van der Waals surface area contributed by atoms with Crippen LogP contribution in [0.3, 0.4) is 0 Å². The number of nitrogens with one attached hydrogen (secondary N) is 1. The van der Waals surface area contributed by atoms with Gasteiger partial charge in [0.05, 0.1) is 25.9 Å². The number of amides is 2. The minimum atomic E-state index is -0.516. The van der Waals surface area contributed by atoms with Crippen molar-refractivity contribution < 1.29 is 23.8 Å². The first-order valence-corrected chi connectivity index (χ1v) is 8.46. The van der Waals surface area contributed by atoms with Gasteiger partial charge in [-0.3, -0.25) is 14.5 Å². The Hall–Kier alpha value is -3.72. The molecule has 1 aliphatic heterocycles. The van der Waals surface area contributed by atoms with Gasteiger partial charge in [-0.15, -0.1) is 0 Å². The predicted octanol–water partition coefficient (Wildman–Crippen LogP) is 1.56. The van der Waals surface area contributed by atoms with Crippen LogP contribution in [-0.4, -0.2) is 52.1 Å². The summed E-state index contributed by atoms with van der Waals surface area (Å²) in [5.41, 5.74) is 2.25. The molecule has 0 bridgehead atoms. The first-order chi connectivity index (χ1) is 13.6. The highest BCUT2D eigenvalue weighted by Gasteiger charge is 2.31. The van der Waals surface area contributed by atoms with E-state index >= 15 is 0 Å². The first-order valence-electron chi connectivity index (χ1n) is 8.46. The number of rotatable bonds is 6. The number of imide groups is 1. The van der Waals surface area contributed by atoms with Crippen LogP contribution >= 0.6 is 0 Å². The number of anilines is 1. The van der Waals surface area contributed by atoms with Crippen LogP contribution in [-0.2, 0) is 9.59 Å². The van der Waals surface area contributed by atoms with Gasteiger partial charge in [0, 0.05) is 17.8 Å². The van der Waals surface area contributed by atoms with Crippen molar-refractivity contribution in [1.29, 1.82) is 0 Å². The fourth-order valence-electron chi connectivity index (χ4n) is 2.89. The van der Waals surface area contributed by atoms with E-state index < -0.39 is 11.8 Å². The van der Waals surface area contributed by atoms with Gasteiger partial charge in [0.2, 0.25) is 5.89 Å². The second kappa shape index (κ2) is 7.12. The van der Waals surface area contributed by atoms with Crippen LogP contribution in [0.4, 0.5) is 5.69 Å². The number of carbonyl (C=O) groups is 2. The summed E-state index contributed by atoms with van der Waals surface area (Å²) in [6, 6.07) is 8.70. The zero-order chi connectivity index (χ0) is 19.7. The maximum atomic E-state index is 12.4. The summed E-state index contributed by atoms with van der Waals surface area (Å²) in [6.45, 7) is -0.365. The minimum Gasteiger partial charge on any atom is -0.495 e.